The van der Waals surface area contributed by atoms with Crippen molar-refractivity contribution < 1.29 is 0 Å². The molecule has 0 heterocycles. The Hall–Kier alpha value is -0.980. The minimum absolute atomic E-state index is 1.03. The van der Waals surface area contributed by atoms with Gasteiger partial charge < -0.3 is 4.90 Å². The predicted molar refractivity (Wildman–Crippen MR) is 60.6 cm³/mol. The highest BCUT2D eigenvalue weighted by atomic mass is 15.1. The van der Waals surface area contributed by atoms with E-state index in [4.69, 9.17) is 0 Å². The summed E-state index contributed by atoms with van der Waals surface area (Å²) in [7, 11) is 2.12. The summed E-state index contributed by atoms with van der Waals surface area (Å²) in [4.78, 5) is 2.28. The topological polar surface area (TPSA) is 3.24 Å². The fourth-order valence-corrected chi connectivity index (χ4v) is 1.48. The zero-order valence-electron chi connectivity index (χ0n) is 9.14. The minimum atomic E-state index is 1.03. The van der Waals surface area contributed by atoms with Crippen LogP contribution in [0.5, 0.6) is 0 Å². The van der Waals surface area contributed by atoms with Crippen molar-refractivity contribution in [3.8, 4) is 0 Å². The fraction of sp³-hybridized carbons (Fsp3) is 0.500. The minimum Gasteiger partial charge on any atom is -0.377 e. The summed E-state index contributed by atoms with van der Waals surface area (Å²) >= 11 is 0. The molecule has 0 bridgehead atoms. The fourth-order valence-electron chi connectivity index (χ4n) is 1.48. The van der Waals surface area contributed by atoms with Gasteiger partial charge in [0.25, 0.3) is 0 Å². The second-order valence-corrected chi connectivity index (χ2v) is 3.09. The van der Waals surface area contributed by atoms with Gasteiger partial charge in [-0.2, -0.15) is 0 Å². The van der Waals surface area contributed by atoms with Crippen molar-refractivity contribution in [3.63, 3.8) is 0 Å². The highest BCUT2D eigenvalue weighted by Gasteiger charge is 2.03. The van der Waals surface area contributed by atoms with E-state index < -0.39 is 0 Å². The van der Waals surface area contributed by atoms with Crippen molar-refractivity contribution >= 4 is 0 Å². The Balaban J connectivity index is 4.72. The molecule has 74 valence electrons. The van der Waals surface area contributed by atoms with Gasteiger partial charge in [0.05, 0.1) is 0 Å². The Morgan fingerprint density at radius 1 is 1.23 bits per heavy atom. The first-order valence-electron chi connectivity index (χ1n) is 4.90. The number of nitrogens with zero attached hydrogens (tertiary/aromatic N) is 1. The highest BCUT2D eigenvalue weighted by molar-refractivity contribution is 5.32. The van der Waals surface area contributed by atoms with Crippen molar-refractivity contribution in [3.05, 3.63) is 36.6 Å². The van der Waals surface area contributed by atoms with Gasteiger partial charge in [-0.1, -0.05) is 39.2 Å². The van der Waals surface area contributed by atoms with Crippen LogP contribution < -0.4 is 0 Å². The monoisotopic (exact) mass is 179 g/mol. The smallest absolute Gasteiger partial charge is 0.0200 e. The van der Waals surface area contributed by atoms with E-state index in [1.165, 1.54) is 12.1 Å². The number of allylic oxidation sites excluding steroid dienone is 4. The second-order valence-electron chi connectivity index (χ2n) is 3.09. The zero-order valence-corrected chi connectivity index (χ0v) is 9.14. The molecule has 0 aliphatic heterocycles. The molecule has 0 atom stereocenters. The summed E-state index contributed by atoms with van der Waals surface area (Å²) in [5.74, 6) is 0. The van der Waals surface area contributed by atoms with Crippen molar-refractivity contribution in [1.82, 2.24) is 4.90 Å². The van der Waals surface area contributed by atoms with E-state index in [2.05, 4.69) is 39.0 Å². The van der Waals surface area contributed by atoms with Crippen LogP contribution >= 0.6 is 0 Å². The van der Waals surface area contributed by atoms with Crippen LogP contribution in [0.3, 0.4) is 0 Å². The highest BCUT2D eigenvalue weighted by Crippen LogP contribution is 2.14. The lowest BCUT2D eigenvalue weighted by Crippen LogP contribution is -2.19. The summed E-state index contributed by atoms with van der Waals surface area (Å²) < 4.78 is 0. The molecular formula is C12H21N. The molecule has 0 aromatic carbocycles. The maximum Gasteiger partial charge on any atom is 0.0200 e. The van der Waals surface area contributed by atoms with E-state index in [1.54, 1.807) is 0 Å². The average Bonchev–Trinajstić information content (AvgIpc) is 2.14. The van der Waals surface area contributed by atoms with Crippen molar-refractivity contribution in [2.45, 2.75) is 26.7 Å². The molecule has 0 saturated carbocycles. The second kappa shape index (κ2) is 6.53. The molecule has 1 nitrogen and oxygen atoms in total. The number of hydrogen-bond acceptors (Lipinski definition) is 1. The standard InChI is InChI=1S/C12H21N/c1-6-10-13(5)12(9-4)11(7-2)8-3/h7-8H,2-3,6,9-10H2,1,4-5H3. The summed E-state index contributed by atoms with van der Waals surface area (Å²) in [6.45, 7) is 13.0. The van der Waals surface area contributed by atoms with Crippen LogP contribution in [-0.2, 0) is 0 Å². The van der Waals surface area contributed by atoms with Crippen LogP contribution in [0.25, 0.3) is 0 Å². The lowest BCUT2D eigenvalue weighted by Gasteiger charge is -2.22. The molecule has 1 heteroatoms. The van der Waals surface area contributed by atoms with E-state index in [0.717, 1.165) is 18.5 Å². The van der Waals surface area contributed by atoms with Crippen LogP contribution in [0.4, 0.5) is 0 Å². The Morgan fingerprint density at radius 3 is 2.08 bits per heavy atom. The lowest BCUT2D eigenvalue weighted by molar-refractivity contribution is 0.402. The molecule has 0 fully saturated rings. The normalized spacial score (nSPS) is 9.15. The molecule has 0 aromatic heterocycles. The van der Waals surface area contributed by atoms with E-state index in [1.807, 2.05) is 12.2 Å². The van der Waals surface area contributed by atoms with Gasteiger partial charge in [0.2, 0.25) is 0 Å². The number of hydrogen-bond donors (Lipinski definition) is 0. The van der Waals surface area contributed by atoms with Gasteiger partial charge in [0.1, 0.15) is 0 Å². The number of rotatable bonds is 6. The third-order valence-electron chi connectivity index (χ3n) is 2.13. The van der Waals surface area contributed by atoms with Crippen molar-refractivity contribution in [1.29, 1.82) is 0 Å². The molecule has 0 rings (SSSR count). The molecule has 0 spiro atoms. The molecule has 0 saturated heterocycles. The summed E-state index contributed by atoms with van der Waals surface area (Å²) in [6.07, 6.45) is 5.95. The third-order valence-corrected chi connectivity index (χ3v) is 2.13. The molecule has 0 amide bonds. The van der Waals surface area contributed by atoms with Gasteiger partial charge in [-0.3, -0.25) is 0 Å². The Kier molecular flexibility index (Phi) is 6.03. The van der Waals surface area contributed by atoms with Gasteiger partial charge in [0, 0.05) is 19.3 Å². The molecule has 13 heavy (non-hydrogen) atoms. The Labute approximate surface area is 82.4 Å². The molecular weight excluding hydrogens is 158 g/mol. The van der Waals surface area contributed by atoms with Gasteiger partial charge in [-0.25, -0.2) is 0 Å². The predicted octanol–water partition coefficient (Wildman–Crippen LogP) is 3.36. The van der Waals surface area contributed by atoms with Crippen LogP contribution in [0.2, 0.25) is 0 Å². The SMILES string of the molecule is C=CC(C=C)=C(CC)N(C)CCC. The van der Waals surface area contributed by atoms with Crippen LogP contribution in [0.15, 0.2) is 36.6 Å². The average molecular weight is 179 g/mol. The first kappa shape index (κ1) is 12.0. The van der Waals surface area contributed by atoms with E-state index in [9.17, 15) is 0 Å². The van der Waals surface area contributed by atoms with Gasteiger partial charge in [-0.15, -0.1) is 0 Å². The summed E-state index contributed by atoms with van der Waals surface area (Å²) in [6, 6.07) is 0. The summed E-state index contributed by atoms with van der Waals surface area (Å²) in [5.41, 5.74) is 2.48. The molecule has 0 aromatic rings. The van der Waals surface area contributed by atoms with Gasteiger partial charge in [-0.05, 0) is 18.4 Å². The lowest BCUT2D eigenvalue weighted by atomic mass is 10.1. The molecule has 0 aliphatic rings. The Bertz CT molecular complexity index is 191. The van der Waals surface area contributed by atoms with E-state index in [0.29, 0.717) is 0 Å². The van der Waals surface area contributed by atoms with Crippen LogP contribution in [0.1, 0.15) is 26.7 Å². The van der Waals surface area contributed by atoms with Crippen LogP contribution in [-0.4, -0.2) is 18.5 Å². The maximum atomic E-state index is 3.79. The molecule has 0 radical (unpaired) electrons. The van der Waals surface area contributed by atoms with E-state index in [-0.39, 0.29) is 0 Å². The first-order chi connectivity index (χ1) is 6.21. The molecule has 0 N–H and O–H groups in total. The zero-order chi connectivity index (χ0) is 10.3. The van der Waals surface area contributed by atoms with Crippen molar-refractivity contribution in [2.75, 3.05) is 13.6 Å². The third kappa shape index (κ3) is 3.49. The summed E-state index contributed by atoms with van der Waals surface area (Å²) in [5, 5.41) is 0. The van der Waals surface area contributed by atoms with Gasteiger partial charge >= 0.3 is 0 Å². The molecule has 0 unspecified atom stereocenters. The largest absolute Gasteiger partial charge is 0.377 e. The Morgan fingerprint density at radius 2 is 1.77 bits per heavy atom. The molecule has 0 aliphatic carbocycles. The first-order valence-corrected chi connectivity index (χ1v) is 4.90. The van der Waals surface area contributed by atoms with Gasteiger partial charge in [0.15, 0.2) is 0 Å². The van der Waals surface area contributed by atoms with E-state index >= 15 is 0 Å². The van der Waals surface area contributed by atoms with Crippen LogP contribution in [0, 0.1) is 0 Å². The quantitative estimate of drug-likeness (QED) is 0.565. The maximum absolute atomic E-state index is 3.79. The van der Waals surface area contributed by atoms with Crippen molar-refractivity contribution in [2.24, 2.45) is 0 Å².